The number of aromatic nitrogens is 3. The molecule has 4 amide bonds. The van der Waals surface area contributed by atoms with Crippen molar-refractivity contribution in [3.05, 3.63) is 36.4 Å². The Hall–Kier alpha value is -4.60. The molecule has 1 saturated heterocycles. The van der Waals surface area contributed by atoms with Gasteiger partial charge in [-0.15, -0.1) is 0 Å². The normalized spacial score (nSPS) is 15.9. The summed E-state index contributed by atoms with van der Waals surface area (Å²) < 4.78 is 24.7. The van der Waals surface area contributed by atoms with Crippen molar-refractivity contribution in [3.63, 3.8) is 0 Å². The van der Waals surface area contributed by atoms with Gasteiger partial charge in [0.25, 0.3) is 0 Å². The van der Waals surface area contributed by atoms with Crippen molar-refractivity contribution >= 4 is 30.0 Å². The number of benzene rings is 1. The second-order valence-electron chi connectivity index (χ2n) is 17.0. The average molecular weight is 745 g/mol. The fraction of sp³-hybridized carbons (Fsp3) is 0.676. The summed E-state index contributed by atoms with van der Waals surface area (Å²) in [7, 11) is 0. The zero-order valence-electron chi connectivity index (χ0n) is 33.6. The molecule has 296 valence electrons. The van der Waals surface area contributed by atoms with Crippen LogP contribution < -0.4 is 10.1 Å². The van der Waals surface area contributed by atoms with Crippen LogP contribution >= 0.6 is 0 Å². The first-order chi connectivity index (χ1) is 24.4. The molecule has 16 nitrogen and oxygen atoms in total. The highest BCUT2D eigenvalue weighted by Crippen LogP contribution is 2.28. The summed E-state index contributed by atoms with van der Waals surface area (Å²) in [5.41, 5.74) is -1.46. The van der Waals surface area contributed by atoms with Gasteiger partial charge in [-0.1, -0.05) is 0 Å². The van der Waals surface area contributed by atoms with E-state index < -0.39 is 46.7 Å². The van der Waals surface area contributed by atoms with E-state index in [1.165, 1.54) is 17.6 Å². The smallest absolute Gasteiger partial charge is 0.410 e. The first kappa shape index (κ1) is 42.8. The molecule has 1 aliphatic heterocycles. The van der Waals surface area contributed by atoms with Crippen LogP contribution in [-0.2, 0) is 20.8 Å². The molecule has 16 heteroatoms. The number of nitrogens with one attached hydrogen (secondary N) is 1. The van der Waals surface area contributed by atoms with Gasteiger partial charge in [0.15, 0.2) is 0 Å². The predicted octanol–water partition coefficient (Wildman–Crippen LogP) is 6.06. The number of carbonyl (C=O) groups is 4. The number of hydrogen-bond donors (Lipinski definition) is 1. The summed E-state index contributed by atoms with van der Waals surface area (Å²) in [6, 6.07) is 4.91. The molecule has 3 rings (SSSR count). The third-order valence-electron chi connectivity index (χ3n) is 7.36. The number of rotatable bonds is 4. The van der Waals surface area contributed by atoms with Crippen LogP contribution in [-0.4, -0.2) is 133 Å². The number of amides is 4. The highest BCUT2D eigenvalue weighted by Gasteiger charge is 2.30. The lowest BCUT2D eigenvalue weighted by molar-refractivity contribution is 0.00444. The molecule has 53 heavy (non-hydrogen) atoms. The Morgan fingerprint density at radius 2 is 1.08 bits per heavy atom. The van der Waals surface area contributed by atoms with Gasteiger partial charge in [-0.3, -0.25) is 4.90 Å². The lowest BCUT2D eigenvalue weighted by Gasteiger charge is -2.36. The van der Waals surface area contributed by atoms with Gasteiger partial charge >= 0.3 is 24.3 Å². The van der Waals surface area contributed by atoms with Crippen molar-refractivity contribution in [2.24, 2.45) is 0 Å². The largest absolute Gasteiger partial charge is 0.488 e. The summed E-state index contributed by atoms with van der Waals surface area (Å²) in [6.07, 6.45) is 1.01. The zero-order valence-corrected chi connectivity index (χ0v) is 33.6. The lowest BCUT2D eigenvalue weighted by Crippen LogP contribution is -2.51. The van der Waals surface area contributed by atoms with Crippen molar-refractivity contribution in [2.75, 3.05) is 57.7 Å². The van der Waals surface area contributed by atoms with E-state index in [9.17, 15) is 19.2 Å². The molecule has 2 aromatic rings. The monoisotopic (exact) mass is 744 g/mol. The molecule has 0 bridgehead atoms. The molecule has 1 fully saturated rings. The fourth-order valence-corrected chi connectivity index (χ4v) is 5.08. The van der Waals surface area contributed by atoms with E-state index >= 15 is 0 Å². The van der Waals surface area contributed by atoms with E-state index in [0.29, 0.717) is 31.1 Å². The Morgan fingerprint density at radius 1 is 0.642 bits per heavy atom. The predicted molar refractivity (Wildman–Crippen MR) is 200 cm³/mol. The summed E-state index contributed by atoms with van der Waals surface area (Å²) in [5.74, 6) is 0.614. The number of ether oxygens (including phenoxy) is 4. The van der Waals surface area contributed by atoms with Crippen LogP contribution in [0.2, 0.25) is 0 Å². The standard InChI is InChI=1S/C37H60N8O8/c1-34(2,3)50-29-14-13-28(40-30(46)45-26-38-25-39-45)23-27(29)24-41-15-17-42(31(47)51-35(4,5)6)19-21-44(33(49)53-37(10,11)12)22-20-43(18-16-41)32(48)52-36(7,8)9/h13-14,23,25-26H,15-22,24H2,1-12H3,(H,40,46). The molecule has 0 saturated carbocycles. The molecule has 0 radical (unpaired) electrons. The van der Waals surface area contributed by atoms with Crippen molar-refractivity contribution in [2.45, 2.75) is 112 Å². The molecule has 1 aliphatic rings. The van der Waals surface area contributed by atoms with Gasteiger partial charge in [-0.2, -0.15) is 9.78 Å². The Balaban J connectivity index is 2.01. The number of carbonyl (C=O) groups excluding carboxylic acids is 4. The average Bonchev–Trinajstić information content (AvgIpc) is 3.52. The second kappa shape index (κ2) is 17.5. The van der Waals surface area contributed by atoms with Gasteiger partial charge < -0.3 is 39.0 Å². The Morgan fingerprint density at radius 3 is 1.45 bits per heavy atom. The number of nitrogens with zero attached hydrogens (tertiary/aromatic N) is 7. The minimum absolute atomic E-state index is 0.146. The number of hydrogen-bond acceptors (Lipinski definition) is 11. The van der Waals surface area contributed by atoms with Gasteiger partial charge in [0.05, 0.1) is 0 Å². The maximum Gasteiger partial charge on any atom is 0.410 e. The van der Waals surface area contributed by atoms with Crippen LogP contribution in [0.15, 0.2) is 30.9 Å². The van der Waals surface area contributed by atoms with Crippen LogP contribution in [0, 0.1) is 0 Å². The highest BCUT2D eigenvalue weighted by atomic mass is 16.6. The van der Waals surface area contributed by atoms with Crippen molar-refractivity contribution < 1.29 is 38.1 Å². The topological polar surface area (TPSA) is 161 Å². The Labute approximate surface area is 314 Å². The van der Waals surface area contributed by atoms with Crippen molar-refractivity contribution in [3.8, 4) is 5.75 Å². The molecule has 0 unspecified atom stereocenters. The SMILES string of the molecule is CC(C)(C)OC(=O)N1CCN(Cc2cc(NC(=O)n3cncn3)ccc2OC(C)(C)C)CCN(C(=O)OC(C)(C)C)CCN(C(=O)OC(C)(C)C)CC1. The van der Waals surface area contributed by atoms with Gasteiger partial charge in [0.2, 0.25) is 0 Å². The molecule has 1 N–H and O–H groups in total. The zero-order chi connectivity index (χ0) is 39.8. The van der Waals surface area contributed by atoms with Gasteiger partial charge in [-0.05, 0) is 101 Å². The maximum absolute atomic E-state index is 13.5. The summed E-state index contributed by atoms with van der Waals surface area (Å²) in [5, 5.41) is 6.76. The van der Waals surface area contributed by atoms with E-state index in [1.807, 2.05) is 26.8 Å². The molecule has 2 heterocycles. The summed E-state index contributed by atoms with van der Waals surface area (Å²) >= 11 is 0. The fourth-order valence-electron chi connectivity index (χ4n) is 5.08. The second-order valence-corrected chi connectivity index (χ2v) is 17.0. The van der Waals surface area contributed by atoms with Crippen LogP contribution in [0.3, 0.4) is 0 Å². The van der Waals surface area contributed by atoms with Gasteiger partial charge in [-0.25, -0.2) is 24.2 Å². The molecular formula is C37H60N8O8. The third kappa shape index (κ3) is 15.5. The maximum atomic E-state index is 13.5. The Bertz CT molecular complexity index is 1490. The quantitative estimate of drug-likeness (QED) is 0.362. The van der Waals surface area contributed by atoms with E-state index in [-0.39, 0.29) is 39.3 Å². The van der Waals surface area contributed by atoms with Gasteiger partial charge in [0.1, 0.15) is 40.8 Å². The van der Waals surface area contributed by atoms with Crippen LogP contribution in [0.1, 0.15) is 88.6 Å². The summed E-state index contributed by atoms with van der Waals surface area (Å²) in [4.78, 5) is 63.9. The lowest BCUT2D eigenvalue weighted by atomic mass is 10.1. The van der Waals surface area contributed by atoms with E-state index in [2.05, 4.69) is 20.3 Å². The van der Waals surface area contributed by atoms with E-state index in [4.69, 9.17) is 18.9 Å². The van der Waals surface area contributed by atoms with Crippen LogP contribution in [0.5, 0.6) is 5.75 Å². The van der Waals surface area contributed by atoms with Crippen molar-refractivity contribution in [1.82, 2.24) is 34.4 Å². The molecule has 0 spiro atoms. The third-order valence-corrected chi connectivity index (χ3v) is 7.36. The van der Waals surface area contributed by atoms with Crippen molar-refractivity contribution in [1.29, 1.82) is 0 Å². The minimum atomic E-state index is -0.747. The summed E-state index contributed by atoms with van der Waals surface area (Å²) in [6.45, 7) is 24.2. The molecule has 1 aromatic heterocycles. The molecule has 0 atom stereocenters. The minimum Gasteiger partial charge on any atom is -0.488 e. The number of anilines is 1. The molecule has 1 aromatic carbocycles. The Kier molecular flexibility index (Phi) is 14.1. The highest BCUT2D eigenvalue weighted by molar-refractivity contribution is 5.90. The van der Waals surface area contributed by atoms with E-state index in [1.54, 1.807) is 84.2 Å². The first-order valence-electron chi connectivity index (χ1n) is 18.0. The van der Waals surface area contributed by atoms with Crippen LogP contribution in [0.25, 0.3) is 0 Å². The van der Waals surface area contributed by atoms with Crippen LogP contribution in [0.4, 0.5) is 24.9 Å². The molecule has 0 aliphatic carbocycles. The van der Waals surface area contributed by atoms with E-state index in [0.717, 1.165) is 10.2 Å². The van der Waals surface area contributed by atoms with Gasteiger partial charge in [0, 0.05) is 70.2 Å². The molecular weight excluding hydrogens is 684 g/mol. The first-order valence-corrected chi connectivity index (χ1v) is 18.0.